The first-order valence-electron chi connectivity index (χ1n) is 7.20. The van der Waals surface area contributed by atoms with Crippen LogP contribution in [0, 0.1) is 0 Å². The minimum atomic E-state index is -0.0946. The van der Waals surface area contributed by atoms with Gasteiger partial charge in [-0.05, 0) is 37.2 Å². The Morgan fingerprint density at radius 1 is 1.35 bits per heavy atom. The molecule has 2 N–H and O–H groups in total. The summed E-state index contributed by atoms with van der Waals surface area (Å²) in [6.07, 6.45) is 6.46. The van der Waals surface area contributed by atoms with Crippen LogP contribution in [0.1, 0.15) is 16.8 Å². The van der Waals surface area contributed by atoms with Crippen molar-refractivity contribution in [3.8, 4) is 5.69 Å². The number of halogens is 2. The summed E-state index contributed by atoms with van der Waals surface area (Å²) in [4.78, 5) is 12.2. The van der Waals surface area contributed by atoms with Crippen LogP contribution in [-0.4, -0.2) is 35.3 Å². The van der Waals surface area contributed by atoms with Crippen molar-refractivity contribution in [3.05, 3.63) is 58.3 Å². The monoisotopic (exact) mass is 396 g/mol. The third kappa shape index (κ3) is 4.67. The SMILES string of the molecule is Cl.O=C(NCC1=CCNCC1)c1cnn(-c2ccc(Br)cc2)c1. The van der Waals surface area contributed by atoms with Crippen LogP contribution in [-0.2, 0) is 0 Å². The van der Waals surface area contributed by atoms with Crippen molar-refractivity contribution >= 4 is 34.2 Å². The number of benzene rings is 1. The van der Waals surface area contributed by atoms with Gasteiger partial charge >= 0.3 is 0 Å². The van der Waals surface area contributed by atoms with Crippen molar-refractivity contribution in [1.82, 2.24) is 20.4 Å². The van der Waals surface area contributed by atoms with Crippen molar-refractivity contribution in [2.75, 3.05) is 19.6 Å². The molecule has 0 spiro atoms. The minimum absolute atomic E-state index is 0. The van der Waals surface area contributed by atoms with E-state index in [1.165, 1.54) is 5.57 Å². The molecule has 1 aromatic heterocycles. The topological polar surface area (TPSA) is 59.0 Å². The molecule has 2 heterocycles. The van der Waals surface area contributed by atoms with Gasteiger partial charge in [-0.25, -0.2) is 4.68 Å². The van der Waals surface area contributed by atoms with Gasteiger partial charge in [-0.2, -0.15) is 5.10 Å². The lowest BCUT2D eigenvalue weighted by atomic mass is 10.1. The Hall–Kier alpha value is -1.63. The number of aromatic nitrogens is 2. The van der Waals surface area contributed by atoms with Crippen LogP contribution >= 0.6 is 28.3 Å². The van der Waals surface area contributed by atoms with Crippen LogP contribution in [0.4, 0.5) is 0 Å². The Morgan fingerprint density at radius 3 is 2.83 bits per heavy atom. The highest BCUT2D eigenvalue weighted by Gasteiger charge is 2.10. The molecule has 0 aliphatic carbocycles. The number of nitrogens with zero attached hydrogens (tertiary/aromatic N) is 2. The quantitative estimate of drug-likeness (QED) is 0.780. The molecule has 1 amide bonds. The largest absolute Gasteiger partial charge is 0.348 e. The van der Waals surface area contributed by atoms with E-state index in [0.29, 0.717) is 12.1 Å². The summed E-state index contributed by atoms with van der Waals surface area (Å²) in [5.74, 6) is -0.0946. The van der Waals surface area contributed by atoms with Crippen LogP contribution in [0.25, 0.3) is 5.69 Å². The highest BCUT2D eigenvalue weighted by atomic mass is 79.9. The van der Waals surface area contributed by atoms with Gasteiger partial charge in [0.15, 0.2) is 0 Å². The number of nitrogens with one attached hydrogen (secondary N) is 2. The predicted molar refractivity (Wildman–Crippen MR) is 96.4 cm³/mol. The van der Waals surface area contributed by atoms with Crippen LogP contribution < -0.4 is 10.6 Å². The molecule has 5 nitrogen and oxygen atoms in total. The van der Waals surface area contributed by atoms with Gasteiger partial charge in [-0.3, -0.25) is 4.79 Å². The molecule has 122 valence electrons. The van der Waals surface area contributed by atoms with Crippen molar-refractivity contribution in [2.24, 2.45) is 0 Å². The second-order valence-electron chi connectivity index (χ2n) is 5.15. The average molecular weight is 398 g/mol. The van der Waals surface area contributed by atoms with E-state index in [2.05, 4.69) is 37.7 Å². The highest BCUT2D eigenvalue weighted by Crippen LogP contribution is 2.14. The zero-order valence-electron chi connectivity index (χ0n) is 12.5. The molecule has 0 atom stereocenters. The standard InChI is InChI=1S/C16H17BrN4O.ClH/c17-14-1-3-15(4-2-14)21-11-13(10-20-21)16(22)19-9-12-5-7-18-8-6-12;/h1-5,10-11,18H,6-9H2,(H,19,22);1H. The molecule has 7 heteroatoms. The highest BCUT2D eigenvalue weighted by molar-refractivity contribution is 9.10. The van der Waals surface area contributed by atoms with Gasteiger partial charge in [0.1, 0.15) is 0 Å². The summed E-state index contributed by atoms with van der Waals surface area (Å²) >= 11 is 3.40. The molecule has 1 aromatic carbocycles. The Bertz CT molecular complexity index is 696. The molecule has 0 radical (unpaired) electrons. The fourth-order valence-corrected chi connectivity index (χ4v) is 2.57. The van der Waals surface area contributed by atoms with Gasteiger partial charge < -0.3 is 10.6 Å². The van der Waals surface area contributed by atoms with E-state index in [0.717, 1.165) is 29.7 Å². The van der Waals surface area contributed by atoms with Crippen LogP contribution in [0.15, 0.2) is 52.8 Å². The zero-order valence-corrected chi connectivity index (χ0v) is 14.9. The molecule has 0 saturated carbocycles. The Labute approximate surface area is 149 Å². The van der Waals surface area contributed by atoms with Gasteiger partial charge in [-0.15, -0.1) is 12.4 Å². The van der Waals surface area contributed by atoms with Gasteiger partial charge in [0.25, 0.3) is 5.91 Å². The van der Waals surface area contributed by atoms with Crippen LogP contribution in [0.3, 0.4) is 0 Å². The lowest BCUT2D eigenvalue weighted by molar-refractivity contribution is 0.0956. The molecule has 23 heavy (non-hydrogen) atoms. The van der Waals surface area contributed by atoms with Crippen LogP contribution in [0.5, 0.6) is 0 Å². The van der Waals surface area contributed by atoms with E-state index in [-0.39, 0.29) is 18.3 Å². The van der Waals surface area contributed by atoms with Gasteiger partial charge in [0.2, 0.25) is 0 Å². The summed E-state index contributed by atoms with van der Waals surface area (Å²) in [7, 11) is 0. The van der Waals surface area contributed by atoms with E-state index < -0.39 is 0 Å². The van der Waals surface area contributed by atoms with E-state index in [9.17, 15) is 4.79 Å². The summed E-state index contributed by atoms with van der Waals surface area (Å²) in [6, 6.07) is 7.78. The maximum atomic E-state index is 12.2. The van der Waals surface area contributed by atoms with Gasteiger partial charge in [0.05, 0.1) is 17.4 Å². The number of carbonyl (C=O) groups excluding carboxylic acids is 1. The molecule has 3 rings (SSSR count). The summed E-state index contributed by atoms with van der Waals surface area (Å²) in [5.41, 5.74) is 2.76. The number of hydrogen-bond acceptors (Lipinski definition) is 3. The van der Waals surface area contributed by atoms with Crippen molar-refractivity contribution in [2.45, 2.75) is 6.42 Å². The second-order valence-corrected chi connectivity index (χ2v) is 6.06. The third-order valence-corrected chi connectivity index (χ3v) is 4.10. The summed E-state index contributed by atoms with van der Waals surface area (Å²) < 4.78 is 2.71. The van der Waals surface area contributed by atoms with E-state index in [1.54, 1.807) is 17.1 Å². The molecule has 0 saturated heterocycles. The molecule has 1 aliphatic rings. The summed E-state index contributed by atoms with van der Waals surface area (Å²) in [5, 5.41) is 10.4. The normalized spacial score (nSPS) is 13.9. The first kappa shape index (κ1) is 17.7. The number of amides is 1. The van der Waals surface area contributed by atoms with Crippen molar-refractivity contribution in [3.63, 3.8) is 0 Å². The molecule has 2 aromatic rings. The number of hydrogen-bond donors (Lipinski definition) is 2. The Balaban J connectivity index is 0.00000192. The molecule has 0 fully saturated rings. The third-order valence-electron chi connectivity index (χ3n) is 3.57. The summed E-state index contributed by atoms with van der Waals surface area (Å²) in [6.45, 7) is 2.46. The average Bonchev–Trinajstić information content (AvgIpc) is 3.04. The first-order valence-corrected chi connectivity index (χ1v) is 7.99. The Kier molecular flexibility index (Phi) is 6.38. The van der Waals surface area contributed by atoms with E-state index in [4.69, 9.17) is 0 Å². The van der Waals surface area contributed by atoms with E-state index in [1.807, 2.05) is 24.3 Å². The van der Waals surface area contributed by atoms with Gasteiger partial charge in [-0.1, -0.05) is 27.6 Å². The van der Waals surface area contributed by atoms with Crippen molar-refractivity contribution in [1.29, 1.82) is 0 Å². The molecule has 0 unspecified atom stereocenters. The molecular formula is C16H18BrClN4O. The lowest BCUT2D eigenvalue weighted by Gasteiger charge is -2.14. The minimum Gasteiger partial charge on any atom is -0.348 e. The Morgan fingerprint density at radius 2 is 2.13 bits per heavy atom. The fourth-order valence-electron chi connectivity index (χ4n) is 2.30. The van der Waals surface area contributed by atoms with Gasteiger partial charge in [0, 0.05) is 23.8 Å². The molecule has 1 aliphatic heterocycles. The van der Waals surface area contributed by atoms with Crippen molar-refractivity contribution < 1.29 is 4.79 Å². The smallest absolute Gasteiger partial charge is 0.254 e. The van der Waals surface area contributed by atoms with E-state index >= 15 is 0 Å². The number of carbonyl (C=O) groups is 1. The van der Waals surface area contributed by atoms with Crippen LogP contribution in [0.2, 0.25) is 0 Å². The zero-order chi connectivity index (χ0) is 15.4. The first-order chi connectivity index (χ1) is 10.7. The lowest BCUT2D eigenvalue weighted by Crippen LogP contribution is -2.29. The molecule has 0 bridgehead atoms. The second kappa shape index (κ2) is 8.29. The maximum absolute atomic E-state index is 12.2. The number of rotatable bonds is 4. The maximum Gasteiger partial charge on any atom is 0.254 e. The molecular weight excluding hydrogens is 380 g/mol. The predicted octanol–water partition coefficient (Wildman–Crippen LogP) is 2.71. The fraction of sp³-hybridized carbons (Fsp3) is 0.250.